The molecule has 7 nitrogen and oxygen atoms in total. The zero-order valence-electron chi connectivity index (χ0n) is 13.3. The van der Waals surface area contributed by atoms with E-state index in [1.54, 1.807) is 0 Å². The summed E-state index contributed by atoms with van der Waals surface area (Å²) in [6.07, 6.45) is 2.53. The molecule has 22 heavy (non-hydrogen) atoms. The van der Waals surface area contributed by atoms with Crippen molar-refractivity contribution in [3.8, 4) is 0 Å². The Balaban J connectivity index is 1.24. The number of hydrogen-bond acceptors (Lipinski definition) is 7. The fourth-order valence-corrected chi connectivity index (χ4v) is 3.94. The molecule has 0 amide bonds. The van der Waals surface area contributed by atoms with Crippen LogP contribution in [0.15, 0.2) is 9.98 Å². The minimum atomic E-state index is 0.749. The van der Waals surface area contributed by atoms with Crippen LogP contribution < -0.4 is 10.6 Å². The van der Waals surface area contributed by atoms with Crippen LogP contribution in [-0.4, -0.2) is 98.1 Å². The molecule has 2 saturated heterocycles. The van der Waals surface area contributed by atoms with Crippen molar-refractivity contribution in [1.82, 2.24) is 25.3 Å². The second kappa shape index (κ2) is 6.32. The smallest absolute Gasteiger partial charge is 0.194 e. The summed E-state index contributed by atoms with van der Waals surface area (Å²) in [5.74, 6) is 2.26. The lowest BCUT2D eigenvalue weighted by Crippen LogP contribution is -2.56. The third-order valence-electron chi connectivity index (χ3n) is 5.21. The van der Waals surface area contributed by atoms with Gasteiger partial charge in [0.25, 0.3) is 0 Å². The maximum atomic E-state index is 4.54. The first kappa shape index (κ1) is 14.1. The average Bonchev–Trinajstić information content (AvgIpc) is 3.29. The summed E-state index contributed by atoms with van der Waals surface area (Å²) >= 11 is 0. The highest BCUT2D eigenvalue weighted by atomic mass is 15.4. The van der Waals surface area contributed by atoms with E-state index in [9.17, 15) is 0 Å². The Bertz CT molecular complexity index is 403. The summed E-state index contributed by atoms with van der Waals surface area (Å²) in [6, 6.07) is 0.749. The monoisotopic (exact) mass is 305 g/mol. The van der Waals surface area contributed by atoms with Gasteiger partial charge in [-0.15, -0.1) is 0 Å². The topological polar surface area (TPSA) is 58.5 Å². The molecule has 0 bridgehead atoms. The lowest BCUT2D eigenvalue weighted by molar-refractivity contribution is 0.0939. The molecule has 0 unspecified atom stereocenters. The largest absolute Gasteiger partial charge is 0.354 e. The first-order chi connectivity index (χ1) is 10.9. The van der Waals surface area contributed by atoms with E-state index in [-0.39, 0.29) is 0 Å². The van der Waals surface area contributed by atoms with Crippen molar-refractivity contribution in [2.45, 2.75) is 18.9 Å². The van der Waals surface area contributed by atoms with Crippen LogP contribution >= 0.6 is 0 Å². The van der Waals surface area contributed by atoms with E-state index in [0.29, 0.717) is 0 Å². The zero-order valence-corrected chi connectivity index (χ0v) is 13.3. The van der Waals surface area contributed by atoms with Gasteiger partial charge in [-0.25, -0.2) is 0 Å². The van der Waals surface area contributed by atoms with Crippen LogP contribution in [0.3, 0.4) is 0 Å². The molecule has 4 heterocycles. The van der Waals surface area contributed by atoms with Crippen molar-refractivity contribution in [1.29, 1.82) is 0 Å². The van der Waals surface area contributed by atoms with Crippen LogP contribution in [0.4, 0.5) is 0 Å². The van der Waals surface area contributed by atoms with Gasteiger partial charge < -0.3 is 20.4 Å². The second-order valence-electron chi connectivity index (χ2n) is 6.51. The van der Waals surface area contributed by atoms with Gasteiger partial charge >= 0.3 is 0 Å². The maximum Gasteiger partial charge on any atom is 0.194 e. The lowest BCUT2D eigenvalue weighted by Gasteiger charge is -2.43. The van der Waals surface area contributed by atoms with E-state index < -0.39 is 0 Å². The highest BCUT2D eigenvalue weighted by Gasteiger charge is 2.29. The van der Waals surface area contributed by atoms with Crippen molar-refractivity contribution < 1.29 is 0 Å². The van der Waals surface area contributed by atoms with Crippen molar-refractivity contribution in [3.05, 3.63) is 0 Å². The Kier molecular flexibility index (Phi) is 4.05. The van der Waals surface area contributed by atoms with Gasteiger partial charge in [-0.2, -0.15) is 0 Å². The van der Waals surface area contributed by atoms with Crippen LogP contribution in [0.5, 0.6) is 0 Å². The van der Waals surface area contributed by atoms with Gasteiger partial charge in [0.1, 0.15) is 0 Å². The number of likely N-dealkylation sites (tertiary alicyclic amines) is 1. The van der Waals surface area contributed by atoms with Crippen LogP contribution in [0.2, 0.25) is 0 Å². The second-order valence-corrected chi connectivity index (χ2v) is 6.51. The first-order valence-corrected chi connectivity index (χ1v) is 8.71. The molecule has 4 aliphatic rings. The zero-order chi connectivity index (χ0) is 14.8. The third kappa shape index (κ3) is 2.86. The molecule has 122 valence electrons. The van der Waals surface area contributed by atoms with Crippen LogP contribution in [0.25, 0.3) is 0 Å². The third-order valence-corrected chi connectivity index (χ3v) is 5.21. The maximum absolute atomic E-state index is 4.54. The number of nitrogens with one attached hydrogen (secondary N) is 2. The Labute approximate surface area is 132 Å². The fourth-order valence-electron chi connectivity index (χ4n) is 3.94. The molecule has 0 spiro atoms. The molecule has 0 aliphatic carbocycles. The van der Waals surface area contributed by atoms with Gasteiger partial charge in [-0.1, -0.05) is 0 Å². The van der Waals surface area contributed by atoms with E-state index in [2.05, 4.69) is 35.3 Å². The Morgan fingerprint density at radius 2 is 1.27 bits per heavy atom. The summed E-state index contributed by atoms with van der Waals surface area (Å²) in [4.78, 5) is 16.6. The first-order valence-electron chi connectivity index (χ1n) is 8.71. The molecule has 0 saturated carbocycles. The number of piperidine rings is 1. The molecule has 7 heteroatoms. The molecular formula is C15H27N7. The number of piperazine rings is 1. The molecule has 2 fully saturated rings. The van der Waals surface area contributed by atoms with E-state index in [4.69, 9.17) is 0 Å². The molecule has 0 aromatic heterocycles. The van der Waals surface area contributed by atoms with E-state index in [0.717, 1.165) is 70.3 Å². The summed E-state index contributed by atoms with van der Waals surface area (Å²) in [7, 11) is 0. The molecule has 4 aliphatic heterocycles. The predicted molar refractivity (Wildman–Crippen MR) is 88.4 cm³/mol. The van der Waals surface area contributed by atoms with Crippen LogP contribution in [0.1, 0.15) is 12.8 Å². The predicted octanol–water partition coefficient (Wildman–Crippen LogP) is -1.01. The standard InChI is InChI=1S/C15H27N7/c1-7-21(14-16-3-4-17-14)8-2-13(1)20-9-11-22(12-10-20)15-18-5-6-19-15/h13H,1-12H2,(H,16,17)(H,18,19). The van der Waals surface area contributed by atoms with Crippen molar-refractivity contribution in [2.24, 2.45) is 9.98 Å². The molecule has 0 radical (unpaired) electrons. The van der Waals surface area contributed by atoms with Crippen molar-refractivity contribution in [3.63, 3.8) is 0 Å². The van der Waals surface area contributed by atoms with Crippen LogP contribution in [0, 0.1) is 0 Å². The highest BCUT2D eigenvalue weighted by molar-refractivity contribution is 5.82. The summed E-state index contributed by atoms with van der Waals surface area (Å²) in [6.45, 7) is 10.7. The van der Waals surface area contributed by atoms with E-state index in [1.807, 2.05) is 0 Å². The minimum absolute atomic E-state index is 0.749. The molecule has 0 aromatic rings. The quantitative estimate of drug-likeness (QED) is 0.650. The molecule has 0 atom stereocenters. The number of hydrogen-bond donors (Lipinski definition) is 2. The Morgan fingerprint density at radius 3 is 1.77 bits per heavy atom. The van der Waals surface area contributed by atoms with Crippen molar-refractivity contribution in [2.75, 3.05) is 65.4 Å². The van der Waals surface area contributed by atoms with Crippen molar-refractivity contribution >= 4 is 11.9 Å². The van der Waals surface area contributed by atoms with Gasteiger partial charge in [-0.05, 0) is 12.8 Å². The number of rotatable bonds is 1. The SMILES string of the molecule is C1CNC(N2CCC(N3CCN(C4=NCCN4)CC3)CC2)=N1. The fraction of sp³-hybridized carbons (Fsp3) is 0.867. The summed E-state index contributed by atoms with van der Waals surface area (Å²) in [5, 5.41) is 6.78. The number of guanidine groups is 2. The highest BCUT2D eigenvalue weighted by Crippen LogP contribution is 2.19. The molecular weight excluding hydrogens is 278 g/mol. The Hall–Kier alpha value is -1.50. The summed E-state index contributed by atoms with van der Waals surface area (Å²) in [5.41, 5.74) is 0. The van der Waals surface area contributed by atoms with E-state index >= 15 is 0 Å². The number of aliphatic imine (C=N–C) groups is 2. The molecule has 0 aromatic carbocycles. The number of nitrogens with zero attached hydrogens (tertiary/aromatic N) is 5. The van der Waals surface area contributed by atoms with Gasteiger partial charge in [0, 0.05) is 58.4 Å². The van der Waals surface area contributed by atoms with Gasteiger partial charge in [0.05, 0.1) is 13.1 Å². The lowest BCUT2D eigenvalue weighted by atomic mass is 10.0. The van der Waals surface area contributed by atoms with E-state index in [1.165, 1.54) is 25.9 Å². The average molecular weight is 305 g/mol. The summed E-state index contributed by atoms with van der Waals surface area (Å²) < 4.78 is 0. The van der Waals surface area contributed by atoms with Gasteiger partial charge in [-0.3, -0.25) is 14.9 Å². The minimum Gasteiger partial charge on any atom is -0.354 e. The van der Waals surface area contributed by atoms with Gasteiger partial charge in [0.15, 0.2) is 11.9 Å². The molecule has 4 rings (SSSR count). The normalized spacial score (nSPS) is 27.5. The van der Waals surface area contributed by atoms with Crippen LogP contribution in [-0.2, 0) is 0 Å². The van der Waals surface area contributed by atoms with Gasteiger partial charge in [0.2, 0.25) is 0 Å². The Morgan fingerprint density at radius 1 is 0.727 bits per heavy atom. The molecule has 2 N–H and O–H groups in total.